The number of rotatable bonds is 8. The molecule has 1 aromatic carbocycles. The molecule has 2 aromatic rings. The van der Waals surface area contributed by atoms with Gasteiger partial charge in [-0.3, -0.25) is 4.79 Å². The van der Waals surface area contributed by atoms with Gasteiger partial charge in [0.25, 0.3) is 5.22 Å². The predicted octanol–water partition coefficient (Wildman–Crippen LogP) is 2.33. The number of nitrogens with one attached hydrogen (secondary N) is 1. The molecule has 0 saturated heterocycles. The summed E-state index contributed by atoms with van der Waals surface area (Å²) in [7, 11) is -0.574. The van der Waals surface area contributed by atoms with Gasteiger partial charge < -0.3 is 9.73 Å². The standard InChI is InChI=1S/C16H23N3O4S2/c1-11(2)7-8-17-15(20)10-24-16-18-13-9-12(5-6-14(13)23-16)25(21,22)19(3)4/h5-6,9,11H,7-8,10H2,1-4H3,(H,17,20). The highest BCUT2D eigenvalue weighted by Crippen LogP contribution is 2.26. The zero-order valence-electron chi connectivity index (χ0n) is 14.8. The van der Waals surface area contributed by atoms with Gasteiger partial charge in [0.05, 0.1) is 10.6 Å². The number of hydrogen-bond acceptors (Lipinski definition) is 6. The Morgan fingerprint density at radius 3 is 2.72 bits per heavy atom. The van der Waals surface area contributed by atoms with Gasteiger partial charge in [-0.25, -0.2) is 17.7 Å². The van der Waals surface area contributed by atoms with Crippen LogP contribution in [0.2, 0.25) is 0 Å². The van der Waals surface area contributed by atoms with Crippen LogP contribution >= 0.6 is 11.8 Å². The normalized spacial score (nSPS) is 12.2. The van der Waals surface area contributed by atoms with E-state index in [-0.39, 0.29) is 16.6 Å². The molecule has 0 fully saturated rings. The number of nitrogens with zero attached hydrogens (tertiary/aromatic N) is 2. The lowest BCUT2D eigenvalue weighted by atomic mass is 10.1. The van der Waals surface area contributed by atoms with Crippen LogP contribution in [0.5, 0.6) is 0 Å². The third kappa shape index (κ3) is 5.20. The average Bonchev–Trinajstić information content (AvgIpc) is 2.94. The molecule has 9 heteroatoms. The summed E-state index contributed by atoms with van der Waals surface area (Å²) in [6.07, 6.45) is 0.933. The van der Waals surface area contributed by atoms with Gasteiger partial charge in [-0.1, -0.05) is 25.6 Å². The molecule has 1 amide bonds. The van der Waals surface area contributed by atoms with Gasteiger partial charge >= 0.3 is 0 Å². The number of aromatic nitrogens is 1. The maximum atomic E-state index is 12.2. The summed E-state index contributed by atoms with van der Waals surface area (Å²) >= 11 is 1.18. The predicted molar refractivity (Wildman–Crippen MR) is 98.1 cm³/mol. The van der Waals surface area contributed by atoms with E-state index in [0.29, 0.717) is 28.8 Å². The Morgan fingerprint density at radius 1 is 1.36 bits per heavy atom. The smallest absolute Gasteiger partial charge is 0.257 e. The van der Waals surface area contributed by atoms with Crippen molar-refractivity contribution in [1.29, 1.82) is 0 Å². The van der Waals surface area contributed by atoms with Crippen molar-refractivity contribution >= 4 is 38.8 Å². The summed E-state index contributed by atoms with van der Waals surface area (Å²) in [6.45, 7) is 4.85. The topological polar surface area (TPSA) is 92.5 Å². The summed E-state index contributed by atoms with van der Waals surface area (Å²) in [4.78, 5) is 16.2. The van der Waals surface area contributed by atoms with Crippen LogP contribution in [0.15, 0.2) is 32.7 Å². The second-order valence-corrected chi connectivity index (χ2v) is 9.30. The van der Waals surface area contributed by atoms with Gasteiger partial charge in [-0.15, -0.1) is 0 Å². The van der Waals surface area contributed by atoms with Crippen LogP contribution in [0.25, 0.3) is 11.1 Å². The molecule has 1 heterocycles. The van der Waals surface area contributed by atoms with Crippen LogP contribution in [-0.2, 0) is 14.8 Å². The first-order valence-corrected chi connectivity index (χ1v) is 10.4. The van der Waals surface area contributed by atoms with Crippen molar-refractivity contribution in [3.8, 4) is 0 Å². The first-order valence-electron chi connectivity index (χ1n) is 7.92. The number of carbonyl (C=O) groups is 1. The van der Waals surface area contributed by atoms with Crippen LogP contribution in [0.1, 0.15) is 20.3 Å². The highest BCUT2D eigenvalue weighted by molar-refractivity contribution is 7.99. The zero-order chi connectivity index (χ0) is 18.6. The fraction of sp³-hybridized carbons (Fsp3) is 0.500. The van der Waals surface area contributed by atoms with Crippen LogP contribution < -0.4 is 5.32 Å². The van der Waals surface area contributed by atoms with Gasteiger partial charge in [-0.05, 0) is 30.5 Å². The third-order valence-corrected chi connectivity index (χ3v) is 6.13. The van der Waals surface area contributed by atoms with Crippen molar-refractivity contribution in [1.82, 2.24) is 14.6 Å². The zero-order valence-corrected chi connectivity index (χ0v) is 16.4. The van der Waals surface area contributed by atoms with E-state index in [0.717, 1.165) is 10.7 Å². The number of amides is 1. The van der Waals surface area contributed by atoms with E-state index in [1.807, 2.05) is 0 Å². The second kappa shape index (κ2) is 8.20. The molecule has 0 aliphatic rings. The minimum Gasteiger partial charge on any atom is -0.431 e. The number of benzene rings is 1. The molecule has 0 saturated carbocycles. The molecule has 0 aliphatic heterocycles. The van der Waals surface area contributed by atoms with E-state index in [1.165, 1.54) is 38.0 Å². The van der Waals surface area contributed by atoms with Crippen molar-refractivity contribution in [3.05, 3.63) is 18.2 Å². The fourth-order valence-electron chi connectivity index (χ4n) is 2.00. The van der Waals surface area contributed by atoms with E-state index in [2.05, 4.69) is 24.1 Å². The fourth-order valence-corrected chi connectivity index (χ4v) is 3.59. The first-order chi connectivity index (χ1) is 11.7. The van der Waals surface area contributed by atoms with Gasteiger partial charge in [0.15, 0.2) is 5.58 Å². The number of thioether (sulfide) groups is 1. The van der Waals surface area contributed by atoms with E-state index in [9.17, 15) is 13.2 Å². The largest absolute Gasteiger partial charge is 0.431 e. The van der Waals surface area contributed by atoms with Gasteiger partial charge in [0.2, 0.25) is 15.9 Å². The van der Waals surface area contributed by atoms with Crippen molar-refractivity contribution < 1.29 is 17.6 Å². The van der Waals surface area contributed by atoms with E-state index in [1.54, 1.807) is 6.07 Å². The Hall–Kier alpha value is -1.58. The quantitative estimate of drug-likeness (QED) is 0.701. The Balaban J connectivity index is 2.03. The number of sulfonamides is 1. The van der Waals surface area contributed by atoms with Crippen LogP contribution in [0.4, 0.5) is 0 Å². The van der Waals surface area contributed by atoms with E-state index >= 15 is 0 Å². The molecule has 7 nitrogen and oxygen atoms in total. The highest BCUT2D eigenvalue weighted by atomic mass is 32.2. The van der Waals surface area contributed by atoms with Crippen molar-refractivity contribution in [2.75, 3.05) is 26.4 Å². The minimum atomic E-state index is -3.52. The molecule has 0 spiro atoms. The van der Waals surface area contributed by atoms with Crippen LogP contribution in [-0.4, -0.2) is 50.0 Å². The van der Waals surface area contributed by atoms with Crippen molar-refractivity contribution in [2.24, 2.45) is 5.92 Å². The van der Waals surface area contributed by atoms with Gasteiger partial charge in [-0.2, -0.15) is 0 Å². The lowest BCUT2D eigenvalue weighted by Gasteiger charge is -2.10. The molecule has 1 aromatic heterocycles. The Kier molecular flexibility index (Phi) is 6.47. The Labute approximate surface area is 152 Å². The number of fused-ring (bicyclic) bond motifs is 1. The van der Waals surface area contributed by atoms with Crippen LogP contribution in [0, 0.1) is 5.92 Å². The Morgan fingerprint density at radius 2 is 2.08 bits per heavy atom. The molecule has 0 atom stereocenters. The highest BCUT2D eigenvalue weighted by Gasteiger charge is 2.19. The summed E-state index contributed by atoms with van der Waals surface area (Å²) < 4.78 is 31.0. The molecule has 0 unspecified atom stereocenters. The molecular weight excluding hydrogens is 362 g/mol. The maximum Gasteiger partial charge on any atom is 0.257 e. The maximum absolute atomic E-state index is 12.2. The molecule has 0 radical (unpaired) electrons. The molecular formula is C16H23N3O4S2. The molecule has 1 N–H and O–H groups in total. The monoisotopic (exact) mass is 385 g/mol. The third-order valence-electron chi connectivity index (χ3n) is 3.49. The molecule has 0 aliphatic carbocycles. The average molecular weight is 386 g/mol. The van der Waals surface area contributed by atoms with Crippen molar-refractivity contribution in [2.45, 2.75) is 30.4 Å². The molecule has 2 rings (SSSR count). The van der Waals surface area contributed by atoms with E-state index < -0.39 is 10.0 Å². The summed E-state index contributed by atoms with van der Waals surface area (Å²) in [5.41, 5.74) is 0.936. The van der Waals surface area contributed by atoms with Crippen molar-refractivity contribution in [3.63, 3.8) is 0 Å². The summed E-state index contributed by atoms with van der Waals surface area (Å²) in [5.74, 6) is 0.662. The second-order valence-electron chi connectivity index (χ2n) is 6.22. The number of carbonyl (C=O) groups excluding carboxylic acids is 1. The van der Waals surface area contributed by atoms with Crippen LogP contribution in [0.3, 0.4) is 0 Å². The number of oxazole rings is 1. The Bertz CT molecular complexity index is 844. The lowest BCUT2D eigenvalue weighted by Crippen LogP contribution is -2.26. The minimum absolute atomic E-state index is 0.0798. The molecule has 138 valence electrons. The first kappa shape index (κ1) is 19.7. The van der Waals surface area contributed by atoms with E-state index in [4.69, 9.17) is 4.42 Å². The molecule has 25 heavy (non-hydrogen) atoms. The lowest BCUT2D eigenvalue weighted by molar-refractivity contribution is -0.118. The summed E-state index contributed by atoms with van der Waals surface area (Å²) in [5, 5.41) is 3.19. The van der Waals surface area contributed by atoms with Gasteiger partial charge in [0.1, 0.15) is 5.52 Å². The molecule has 0 bridgehead atoms. The number of hydrogen-bond donors (Lipinski definition) is 1. The SMILES string of the molecule is CC(C)CCNC(=O)CSc1nc2cc(S(=O)(=O)N(C)C)ccc2o1. The van der Waals surface area contributed by atoms with Gasteiger partial charge in [0, 0.05) is 20.6 Å². The summed E-state index contributed by atoms with van der Waals surface area (Å²) in [6, 6.07) is 4.53.